The summed E-state index contributed by atoms with van der Waals surface area (Å²) in [4.78, 5) is 34.2. The van der Waals surface area contributed by atoms with Crippen LogP contribution in [0.3, 0.4) is 0 Å². The number of carbonyl (C=O) groups excluding carboxylic acids is 2. The molecule has 2 aliphatic heterocycles. The van der Waals surface area contributed by atoms with Crippen LogP contribution in [0, 0.1) is 27.7 Å². The number of hydrogen-bond acceptors (Lipinski definition) is 12. The second-order valence-corrected chi connectivity index (χ2v) is 16.9. The molecule has 2 aliphatic rings. The number of esters is 2. The third kappa shape index (κ3) is 12.1. The van der Waals surface area contributed by atoms with Gasteiger partial charge in [-0.3, -0.25) is 0 Å². The Morgan fingerprint density at radius 3 is 1.26 bits per heavy atom. The Morgan fingerprint density at radius 1 is 0.545 bits per heavy atom. The van der Waals surface area contributed by atoms with Crippen molar-refractivity contribution in [2.75, 3.05) is 39.6 Å². The van der Waals surface area contributed by atoms with Crippen LogP contribution in [0.25, 0.3) is 22.9 Å². The molecular formula is C54H62N2O10. The van der Waals surface area contributed by atoms with E-state index in [9.17, 15) is 9.59 Å². The Kier molecular flexibility index (Phi) is 16.1. The summed E-state index contributed by atoms with van der Waals surface area (Å²) in [6.45, 7) is 14.5. The number of hydrogen-bond donors (Lipinski definition) is 0. The van der Waals surface area contributed by atoms with Crippen molar-refractivity contribution in [1.29, 1.82) is 0 Å². The summed E-state index contributed by atoms with van der Waals surface area (Å²) in [6, 6.07) is 31.9. The van der Waals surface area contributed by atoms with E-state index in [-0.39, 0.29) is 11.9 Å². The number of rotatable bonds is 18. The number of benzene rings is 4. The molecule has 0 aliphatic carbocycles. The predicted molar refractivity (Wildman–Crippen MR) is 251 cm³/mol. The lowest BCUT2D eigenvalue weighted by Crippen LogP contribution is -2.41. The van der Waals surface area contributed by atoms with Crippen LogP contribution >= 0.6 is 0 Å². The molecule has 4 aromatic carbocycles. The van der Waals surface area contributed by atoms with Crippen LogP contribution in [0.1, 0.15) is 84.7 Å². The van der Waals surface area contributed by atoms with Crippen LogP contribution in [-0.2, 0) is 54.2 Å². The van der Waals surface area contributed by atoms with E-state index in [1.165, 1.54) is 11.1 Å². The van der Waals surface area contributed by atoms with Gasteiger partial charge in [-0.2, -0.15) is 0 Å². The highest BCUT2D eigenvalue weighted by Gasteiger charge is 2.45. The highest BCUT2D eigenvalue weighted by atomic mass is 16.6. The van der Waals surface area contributed by atoms with Gasteiger partial charge in [-0.15, -0.1) is 0 Å². The molecule has 2 aromatic heterocycles. The molecule has 12 nitrogen and oxygen atoms in total. The van der Waals surface area contributed by atoms with Gasteiger partial charge in [0.25, 0.3) is 0 Å². The van der Waals surface area contributed by atoms with E-state index in [0.29, 0.717) is 89.9 Å². The lowest BCUT2D eigenvalue weighted by atomic mass is 9.91. The molecule has 0 N–H and O–H groups in total. The molecule has 2 saturated heterocycles. The van der Waals surface area contributed by atoms with Gasteiger partial charge in [-0.05, 0) is 127 Å². The standard InChI is InChI=1S/2C27H31NO5/c2*1-4-30-26(29)27(15-5-16-32-27)18-21-8-12-23(13-9-21)31-17-14-24-20(3)33-25(28-24)22-10-6-19(2)7-11-22/h2*6-13H,4-5,14-18H2,1-3H3. The van der Waals surface area contributed by atoms with Gasteiger partial charge in [0.1, 0.15) is 23.0 Å². The number of carbonyl (C=O) groups is 2. The van der Waals surface area contributed by atoms with Gasteiger partial charge >= 0.3 is 11.9 Å². The van der Waals surface area contributed by atoms with Crippen LogP contribution in [0.4, 0.5) is 0 Å². The van der Waals surface area contributed by atoms with E-state index < -0.39 is 11.2 Å². The van der Waals surface area contributed by atoms with Crippen LogP contribution in [-0.4, -0.2) is 72.7 Å². The molecule has 0 bridgehead atoms. The number of oxazole rings is 2. The monoisotopic (exact) mass is 898 g/mol. The summed E-state index contributed by atoms with van der Waals surface area (Å²) in [5.41, 5.74) is 6.46. The van der Waals surface area contributed by atoms with Crippen molar-refractivity contribution in [2.24, 2.45) is 0 Å². The van der Waals surface area contributed by atoms with Gasteiger partial charge in [-0.25, -0.2) is 19.6 Å². The molecule has 4 heterocycles. The highest BCUT2D eigenvalue weighted by Crippen LogP contribution is 2.33. The quantitative estimate of drug-likeness (QED) is 0.0758. The SMILES string of the molecule is CCOC(=O)C1(Cc2ccc(OCCc3nc(-c4ccc(C)cc4)oc3C)cc2)CCCO1.CCOC(=O)C1(Cc2ccc(OCCc3nc(-c4ccc(C)cc4)oc3C)cc2)CCCO1. The zero-order chi connectivity index (χ0) is 46.5. The summed E-state index contributed by atoms with van der Waals surface area (Å²) in [5.74, 6) is 3.91. The van der Waals surface area contributed by atoms with E-state index in [2.05, 4.69) is 48.1 Å². The molecule has 8 rings (SSSR count). The fraction of sp³-hybridized carbons (Fsp3) is 0.407. The zero-order valence-electron chi connectivity index (χ0n) is 39.1. The minimum Gasteiger partial charge on any atom is -0.493 e. The first-order valence-electron chi connectivity index (χ1n) is 23.1. The fourth-order valence-electron chi connectivity index (χ4n) is 8.22. The van der Waals surface area contributed by atoms with Gasteiger partial charge in [0.15, 0.2) is 11.2 Å². The predicted octanol–water partition coefficient (Wildman–Crippen LogP) is 10.5. The van der Waals surface area contributed by atoms with E-state index >= 15 is 0 Å². The Morgan fingerprint density at radius 2 is 0.924 bits per heavy atom. The summed E-state index contributed by atoms with van der Waals surface area (Å²) < 4.78 is 45.7. The van der Waals surface area contributed by atoms with E-state index in [1.54, 1.807) is 0 Å². The molecule has 6 aromatic rings. The summed E-state index contributed by atoms with van der Waals surface area (Å²) in [5, 5.41) is 0. The topological polar surface area (TPSA) is 142 Å². The maximum Gasteiger partial charge on any atom is 0.338 e. The molecular weight excluding hydrogens is 837 g/mol. The van der Waals surface area contributed by atoms with E-state index in [0.717, 1.165) is 69.5 Å². The van der Waals surface area contributed by atoms with Gasteiger partial charge in [0.05, 0.1) is 37.8 Å². The Hall–Kier alpha value is -6.24. The van der Waals surface area contributed by atoms with Crippen molar-refractivity contribution < 1.29 is 46.8 Å². The summed E-state index contributed by atoms with van der Waals surface area (Å²) >= 11 is 0. The van der Waals surface area contributed by atoms with Crippen molar-refractivity contribution in [3.05, 3.63) is 142 Å². The molecule has 348 valence electrons. The number of aryl methyl sites for hydroxylation is 4. The number of ether oxygens (including phenoxy) is 6. The lowest BCUT2D eigenvalue weighted by Gasteiger charge is -2.26. The van der Waals surface area contributed by atoms with Crippen molar-refractivity contribution in [3.63, 3.8) is 0 Å². The molecule has 0 saturated carbocycles. The van der Waals surface area contributed by atoms with Crippen LogP contribution < -0.4 is 9.47 Å². The molecule has 0 spiro atoms. The van der Waals surface area contributed by atoms with Gasteiger partial charge < -0.3 is 37.3 Å². The molecule has 2 unspecified atom stereocenters. The lowest BCUT2D eigenvalue weighted by molar-refractivity contribution is -0.167. The van der Waals surface area contributed by atoms with Crippen molar-refractivity contribution in [1.82, 2.24) is 9.97 Å². The smallest absolute Gasteiger partial charge is 0.338 e. The average molecular weight is 899 g/mol. The first kappa shape index (κ1) is 47.7. The molecule has 12 heteroatoms. The van der Waals surface area contributed by atoms with Crippen molar-refractivity contribution >= 4 is 11.9 Å². The third-order valence-corrected chi connectivity index (χ3v) is 11.9. The van der Waals surface area contributed by atoms with Gasteiger partial charge in [-0.1, -0.05) is 59.7 Å². The van der Waals surface area contributed by atoms with Crippen LogP contribution in [0.15, 0.2) is 106 Å². The van der Waals surface area contributed by atoms with Crippen LogP contribution in [0.2, 0.25) is 0 Å². The van der Waals surface area contributed by atoms with Crippen molar-refractivity contribution in [3.8, 4) is 34.4 Å². The maximum absolute atomic E-state index is 12.5. The largest absolute Gasteiger partial charge is 0.493 e. The molecule has 2 atom stereocenters. The Balaban J connectivity index is 0.000000196. The summed E-state index contributed by atoms with van der Waals surface area (Å²) in [7, 11) is 0. The highest BCUT2D eigenvalue weighted by molar-refractivity contribution is 5.81. The first-order valence-corrected chi connectivity index (χ1v) is 23.1. The maximum atomic E-state index is 12.5. The molecule has 0 radical (unpaired) electrons. The average Bonchev–Trinajstić information content (AvgIpc) is 4.15. The Labute approximate surface area is 388 Å². The van der Waals surface area contributed by atoms with Crippen LogP contribution in [0.5, 0.6) is 11.5 Å². The Bertz CT molecular complexity index is 2300. The minimum atomic E-state index is -0.863. The minimum absolute atomic E-state index is 0.268. The number of nitrogens with zero attached hydrogens (tertiary/aromatic N) is 2. The third-order valence-electron chi connectivity index (χ3n) is 11.9. The normalized spacial score (nSPS) is 17.8. The van der Waals surface area contributed by atoms with Crippen molar-refractivity contribution in [2.45, 2.75) is 104 Å². The van der Waals surface area contributed by atoms with Gasteiger partial charge in [0, 0.05) is 50.0 Å². The molecule has 66 heavy (non-hydrogen) atoms. The second-order valence-electron chi connectivity index (χ2n) is 16.9. The summed E-state index contributed by atoms with van der Waals surface area (Å²) in [6.07, 6.45) is 5.43. The van der Waals surface area contributed by atoms with Gasteiger partial charge in [0.2, 0.25) is 11.8 Å². The molecule has 0 amide bonds. The van der Waals surface area contributed by atoms with E-state index in [4.69, 9.17) is 37.3 Å². The first-order chi connectivity index (χ1) is 32.0. The second kappa shape index (κ2) is 22.3. The zero-order valence-corrected chi connectivity index (χ0v) is 39.1. The fourth-order valence-corrected chi connectivity index (χ4v) is 8.22. The molecule has 2 fully saturated rings. The van der Waals surface area contributed by atoms with E-state index in [1.807, 2.05) is 100 Å². The number of aromatic nitrogens is 2.